The summed E-state index contributed by atoms with van der Waals surface area (Å²) in [6.45, 7) is 3.87. The van der Waals surface area contributed by atoms with E-state index >= 15 is 0 Å². The first-order chi connectivity index (χ1) is 13.0. The van der Waals surface area contributed by atoms with Crippen molar-refractivity contribution >= 4 is 11.9 Å². The molecular weight excluding hydrogens is 346 g/mol. The quantitative estimate of drug-likeness (QED) is 0.793. The van der Waals surface area contributed by atoms with Crippen molar-refractivity contribution < 1.29 is 23.8 Å². The molecule has 1 unspecified atom stereocenters. The minimum absolute atomic E-state index is 0.146. The lowest BCUT2D eigenvalue weighted by molar-refractivity contribution is -0.150. The van der Waals surface area contributed by atoms with Gasteiger partial charge in [-0.05, 0) is 43.2 Å². The monoisotopic (exact) mass is 369 g/mol. The van der Waals surface area contributed by atoms with E-state index in [0.29, 0.717) is 18.8 Å². The average Bonchev–Trinajstić information content (AvgIpc) is 2.64. The van der Waals surface area contributed by atoms with Crippen molar-refractivity contribution in [2.45, 2.75) is 26.3 Å². The molecule has 2 aromatic rings. The maximum atomic E-state index is 12.1. The number of para-hydroxylation sites is 1. The van der Waals surface area contributed by atoms with E-state index in [1.54, 1.807) is 0 Å². The summed E-state index contributed by atoms with van der Waals surface area (Å²) >= 11 is 0. The Kier molecular flexibility index (Phi) is 5.96. The third kappa shape index (κ3) is 5.23. The molecule has 1 heterocycles. The maximum absolute atomic E-state index is 12.1. The summed E-state index contributed by atoms with van der Waals surface area (Å²) in [4.78, 5) is 24.0. The summed E-state index contributed by atoms with van der Waals surface area (Å²) < 4.78 is 16.0. The number of fused-ring (bicyclic) bond motifs is 1. The Morgan fingerprint density at radius 3 is 2.63 bits per heavy atom. The van der Waals surface area contributed by atoms with Crippen molar-refractivity contribution in [3.8, 4) is 11.5 Å². The molecule has 0 saturated heterocycles. The summed E-state index contributed by atoms with van der Waals surface area (Å²) in [5, 5.41) is 2.88. The number of nitrogens with one attached hydrogen (secondary N) is 1. The van der Waals surface area contributed by atoms with E-state index in [4.69, 9.17) is 14.2 Å². The highest BCUT2D eigenvalue weighted by Gasteiger charge is 2.23. The number of aryl methyl sites for hydroxylation is 2. The van der Waals surface area contributed by atoms with E-state index in [-0.39, 0.29) is 25.2 Å². The zero-order valence-corrected chi connectivity index (χ0v) is 15.5. The van der Waals surface area contributed by atoms with Gasteiger partial charge in [-0.15, -0.1) is 0 Å². The number of rotatable bonds is 6. The fraction of sp³-hybridized carbons (Fsp3) is 0.333. The van der Waals surface area contributed by atoms with Crippen LogP contribution >= 0.6 is 0 Å². The van der Waals surface area contributed by atoms with Crippen LogP contribution in [0.1, 0.15) is 29.2 Å². The first kappa shape index (κ1) is 18.8. The molecule has 6 heteroatoms. The molecule has 0 bridgehead atoms. The minimum atomic E-state index is -0.586. The first-order valence-electron chi connectivity index (χ1n) is 8.89. The van der Waals surface area contributed by atoms with Crippen LogP contribution in [-0.2, 0) is 14.3 Å². The minimum Gasteiger partial charge on any atom is -0.493 e. The molecule has 27 heavy (non-hydrogen) atoms. The zero-order valence-electron chi connectivity index (χ0n) is 15.5. The van der Waals surface area contributed by atoms with Gasteiger partial charge < -0.3 is 19.5 Å². The predicted molar refractivity (Wildman–Crippen MR) is 99.8 cm³/mol. The van der Waals surface area contributed by atoms with E-state index in [1.807, 2.05) is 56.3 Å². The number of hydrogen-bond acceptors (Lipinski definition) is 5. The molecule has 1 aliphatic heterocycles. The Morgan fingerprint density at radius 2 is 1.85 bits per heavy atom. The Hall–Kier alpha value is -3.02. The number of carbonyl (C=O) groups is 2. The van der Waals surface area contributed by atoms with Crippen LogP contribution in [0.2, 0.25) is 0 Å². The second-order valence-corrected chi connectivity index (χ2v) is 6.57. The van der Waals surface area contributed by atoms with Crippen LogP contribution in [0.4, 0.5) is 0 Å². The first-order valence-corrected chi connectivity index (χ1v) is 8.89. The van der Waals surface area contributed by atoms with Crippen molar-refractivity contribution in [1.82, 2.24) is 5.32 Å². The molecular formula is C21H23NO5. The molecule has 1 aliphatic rings. The summed E-state index contributed by atoms with van der Waals surface area (Å²) in [5.74, 6) is 0.439. The van der Waals surface area contributed by atoms with Gasteiger partial charge in [0.2, 0.25) is 0 Å². The van der Waals surface area contributed by atoms with Gasteiger partial charge in [0.1, 0.15) is 11.5 Å². The number of benzene rings is 2. The van der Waals surface area contributed by atoms with Gasteiger partial charge in [-0.3, -0.25) is 4.79 Å². The molecule has 0 saturated carbocycles. The molecule has 0 aliphatic carbocycles. The summed E-state index contributed by atoms with van der Waals surface area (Å²) in [6.07, 6.45) is 0.673. The molecule has 0 aromatic heterocycles. The molecule has 1 N–H and O–H groups in total. The lowest BCUT2D eigenvalue weighted by Gasteiger charge is -2.26. The van der Waals surface area contributed by atoms with Crippen LogP contribution in [0.5, 0.6) is 11.5 Å². The summed E-state index contributed by atoms with van der Waals surface area (Å²) in [7, 11) is 0. The molecule has 1 amide bonds. The zero-order chi connectivity index (χ0) is 19.2. The van der Waals surface area contributed by atoms with E-state index in [2.05, 4.69) is 5.32 Å². The van der Waals surface area contributed by atoms with Gasteiger partial charge in [0.05, 0.1) is 12.6 Å². The largest absolute Gasteiger partial charge is 0.493 e. The van der Waals surface area contributed by atoms with Crippen LogP contribution in [0, 0.1) is 13.8 Å². The molecule has 6 nitrogen and oxygen atoms in total. The van der Waals surface area contributed by atoms with Gasteiger partial charge in [-0.25, -0.2) is 4.79 Å². The predicted octanol–water partition coefficient (Wildman–Crippen LogP) is 2.87. The Bertz CT molecular complexity index is 813. The standard InChI is InChI=1S/C21H23NO5/c1-14-9-15(2)11-16(10-14)26-13-21(24)27-12-20(23)22-18-7-8-25-19-6-4-3-5-17(18)19/h3-6,9-11,18H,7-8,12-13H2,1-2H3,(H,22,23). The van der Waals surface area contributed by atoms with Gasteiger partial charge in [-0.1, -0.05) is 24.3 Å². The van der Waals surface area contributed by atoms with Gasteiger partial charge in [0, 0.05) is 12.0 Å². The van der Waals surface area contributed by atoms with Crippen LogP contribution in [0.25, 0.3) is 0 Å². The normalized spacial score (nSPS) is 15.3. The van der Waals surface area contributed by atoms with Crippen molar-refractivity contribution in [2.75, 3.05) is 19.8 Å². The molecule has 2 aromatic carbocycles. The van der Waals surface area contributed by atoms with E-state index in [1.165, 1.54) is 0 Å². The van der Waals surface area contributed by atoms with Crippen LogP contribution < -0.4 is 14.8 Å². The molecule has 0 fully saturated rings. The SMILES string of the molecule is Cc1cc(C)cc(OCC(=O)OCC(=O)NC2CCOc3ccccc32)c1. The van der Waals surface area contributed by atoms with Gasteiger partial charge in [0.25, 0.3) is 5.91 Å². The summed E-state index contributed by atoms with van der Waals surface area (Å²) in [6, 6.07) is 13.1. The van der Waals surface area contributed by atoms with Crippen molar-refractivity contribution in [3.05, 3.63) is 59.2 Å². The van der Waals surface area contributed by atoms with Gasteiger partial charge in [-0.2, -0.15) is 0 Å². The van der Waals surface area contributed by atoms with Crippen LogP contribution in [0.15, 0.2) is 42.5 Å². The van der Waals surface area contributed by atoms with Crippen molar-refractivity contribution in [2.24, 2.45) is 0 Å². The van der Waals surface area contributed by atoms with Crippen LogP contribution in [0.3, 0.4) is 0 Å². The number of amides is 1. The number of ether oxygens (including phenoxy) is 3. The number of esters is 1. The topological polar surface area (TPSA) is 73.9 Å². The second-order valence-electron chi connectivity index (χ2n) is 6.57. The Morgan fingerprint density at radius 1 is 1.11 bits per heavy atom. The highest BCUT2D eigenvalue weighted by molar-refractivity contribution is 5.81. The number of carbonyl (C=O) groups excluding carboxylic acids is 2. The molecule has 142 valence electrons. The summed E-state index contributed by atoms with van der Waals surface area (Å²) in [5.41, 5.74) is 3.03. The molecule has 0 spiro atoms. The van der Waals surface area contributed by atoms with Crippen molar-refractivity contribution in [3.63, 3.8) is 0 Å². The second kappa shape index (κ2) is 8.58. The van der Waals surface area contributed by atoms with Crippen molar-refractivity contribution in [1.29, 1.82) is 0 Å². The lowest BCUT2D eigenvalue weighted by Crippen LogP contribution is -2.35. The average molecular weight is 369 g/mol. The third-order valence-corrected chi connectivity index (χ3v) is 4.21. The molecule has 0 radical (unpaired) electrons. The molecule has 1 atom stereocenters. The fourth-order valence-corrected chi connectivity index (χ4v) is 3.07. The van der Waals surface area contributed by atoms with E-state index < -0.39 is 5.97 Å². The lowest BCUT2D eigenvalue weighted by atomic mass is 10.0. The highest BCUT2D eigenvalue weighted by Crippen LogP contribution is 2.31. The Balaban J connectivity index is 1.45. The molecule has 3 rings (SSSR count). The van der Waals surface area contributed by atoms with Gasteiger partial charge in [0.15, 0.2) is 13.2 Å². The van der Waals surface area contributed by atoms with Crippen LogP contribution in [-0.4, -0.2) is 31.7 Å². The Labute approximate surface area is 158 Å². The third-order valence-electron chi connectivity index (χ3n) is 4.21. The fourth-order valence-electron chi connectivity index (χ4n) is 3.07. The van der Waals surface area contributed by atoms with E-state index in [0.717, 1.165) is 22.4 Å². The van der Waals surface area contributed by atoms with E-state index in [9.17, 15) is 9.59 Å². The number of hydrogen-bond donors (Lipinski definition) is 1. The highest BCUT2D eigenvalue weighted by atomic mass is 16.6. The smallest absolute Gasteiger partial charge is 0.344 e. The maximum Gasteiger partial charge on any atom is 0.344 e. The van der Waals surface area contributed by atoms with Gasteiger partial charge >= 0.3 is 5.97 Å².